The molecule has 0 saturated carbocycles. The van der Waals surface area contributed by atoms with Crippen molar-refractivity contribution in [1.29, 1.82) is 0 Å². The summed E-state index contributed by atoms with van der Waals surface area (Å²) in [5.74, 6) is 1.20. The van der Waals surface area contributed by atoms with Crippen molar-refractivity contribution in [3.63, 3.8) is 0 Å². The second kappa shape index (κ2) is 10.4. The van der Waals surface area contributed by atoms with Crippen LogP contribution in [0, 0.1) is 6.92 Å². The van der Waals surface area contributed by atoms with E-state index in [1.165, 1.54) is 5.56 Å². The number of ether oxygens (including phenoxy) is 1. The molecule has 1 atom stereocenters. The highest BCUT2D eigenvalue weighted by molar-refractivity contribution is 5.86. The van der Waals surface area contributed by atoms with Crippen molar-refractivity contribution in [1.82, 2.24) is 0 Å². The van der Waals surface area contributed by atoms with Crippen LogP contribution >= 0.6 is 0 Å². The molecule has 154 valence electrons. The van der Waals surface area contributed by atoms with Gasteiger partial charge in [0.1, 0.15) is 11.5 Å². The lowest BCUT2D eigenvalue weighted by Crippen LogP contribution is -1.99. The number of phenolic OH excluding ortho intramolecular Hbond substituents is 1. The number of phenols is 1. The molecule has 0 radical (unpaired) electrons. The van der Waals surface area contributed by atoms with E-state index in [-0.39, 0.29) is 11.7 Å². The van der Waals surface area contributed by atoms with E-state index in [0.29, 0.717) is 6.61 Å². The smallest absolute Gasteiger partial charge is 0.128 e. The highest BCUT2D eigenvalue weighted by atomic mass is 16.5. The summed E-state index contributed by atoms with van der Waals surface area (Å²) in [6.45, 7) is 8.54. The van der Waals surface area contributed by atoms with Gasteiger partial charge in [0.25, 0.3) is 0 Å². The maximum Gasteiger partial charge on any atom is 0.128 e. The van der Waals surface area contributed by atoms with Crippen LogP contribution in [0.15, 0.2) is 84.4 Å². The number of unbranched alkanes of at least 4 members (excludes halogenated alkanes) is 1. The summed E-state index contributed by atoms with van der Waals surface area (Å²) >= 11 is 0. The molecule has 0 aliphatic rings. The first-order valence-corrected chi connectivity index (χ1v) is 10.3. The number of aryl methyl sites for hydroxylation is 1. The number of rotatable bonds is 9. The van der Waals surface area contributed by atoms with Crippen molar-refractivity contribution in [2.75, 3.05) is 6.61 Å². The zero-order valence-electron chi connectivity index (χ0n) is 17.7. The summed E-state index contributed by atoms with van der Waals surface area (Å²) in [5, 5.41) is 10.9. The van der Waals surface area contributed by atoms with E-state index in [1.807, 2.05) is 67.6 Å². The van der Waals surface area contributed by atoms with Crippen LogP contribution < -0.4 is 4.74 Å². The van der Waals surface area contributed by atoms with Gasteiger partial charge in [-0.1, -0.05) is 49.4 Å². The molecule has 0 bridgehead atoms. The van der Waals surface area contributed by atoms with Crippen molar-refractivity contribution >= 4 is 11.9 Å². The monoisotopic (exact) mass is 399 g/mol. The van der Waals surface area contributed by atoms with Gasteiger partial charge in [-0.05, 0) is 61.2 Å². The molecule has 0 fully saturated rings. The predicted octanol–water partition coefficient (Wildman–Crippen LogP) is 6.95. The quantitative estimate of drug-likeness (QED) is 0.240. The Morgan fingerprint density at radius 1 is 1.07 bits per heavy atom. The number of nitrogens with zero attached hydrogens (tertiary/aromatic N) is 1. The average Bonchev–Trinajstić information content (AvgIpc) is 2.78. The van der Waals surface area contributed by atoms with Crippen LogP contribution in [0.1, 0.15) is 47.9 Å². The topological polar surface area (TPSA) is 41.8 Å². The van der Waals surface area contributed by atoms with E-state index in [0.717, 1.165) is 41.0 Å². The van der Waals surface area contributed by atoms with Gasteiger partial charge >= 0.3 is 0 Å². The minimum Gasteiger partial charge on any atom is -0.507 e. The fraction of sp³-hybridized carbons (Fsp3) is 0.222. The first-order valence-electron chi connectivity index (χ1n) is 10.3. The van der Waals surface area contributed by atoms with E-state index in [4.69, 9.17) is 4.74 Å². The third-order valence-corrected chi connectivity index (χ3v) is 5.09. The number of aliphatic imine (C=N–C) groups is 1. The van der Waals surface area contributed by atoms with Crippen molar-refractivity contribution in [3.8, 4) is 11.5 Å². The van der Waals surface area contributed by atoms with E-state index >= 15 is 0 Å². The van der Waals surface area contributed by atoms with Crippen LogP contribution in [-0.4, -0.2) is 17.9 Å². The van der Waals surface area contributed by atoms with E-state index in [1.54, 1.807) is 6.21 Å². The van der Waals surface area contributed by atoms with Crippen LogP contribution in [0.3, 0.4) is 0 Å². The number of benzene rings is 3. The Labute approximate surface area is 179 Å². The van der Waals surface area contributed by atoms with Crippen molar-refractivity contribution in [3.05, 3.63) is 102 Å². The van der Waals surface area contributed by atoms with Gasteiger partial charge in [-0.15, -0.1) is 6.58 Å². The van der Waals surface area contributed by atoms with Gasteiger partial charge in [0.15, 0.2) is 0 Å². The number of hydrogen-bond acceptors (Lipinski definition) is 3. The molecule has 0 aliphatic heterocycles. The van der Waals surface area contributed by atoms with Gasteiger partial charge in [-0.2, -0.15) is 0 Å². The minimum absolute atomic E-state index is 0.0933. The maximum absolute atomic E-state index is 10.9. The molecule has 0 saturated heterocycles. The Hall–Kier alpha value is -3.33. The lowest BCUT2D eigenvalue weighted by Gasteiger charge is -2.16. The molecule has 0 heterocycles. The molecule has 3 aromatic rings. The molecule has 1 unspecified atom stereocenters. The second-order valence-corrected chi connectivity index (χ2v) is 7.46. The van der Waals surface area contributed by atoms with Crippen LogP contribution in [0.2, 0.25) is 0 Å². The molecule has 1 N–H and O–H groups in total. The molecule has 0 amide bonds. The first-order chi connectivity index (χ1) is 14.6. The fourth-order valence-corrected chi connectivity index (χ4v) is 3.38. The van der Waals surface area contributed by atoms with Gasteiger partial charge in [-0.3, -0.25) is 4.99 Å². The Morgan fingerprint density at radius 2 is 1.80 bits per heavy atom. The van der Waals surface area contributed by atoms with Gasteiger partial charge < -0.3 is 9.84 Å². The standard InChI is InChI=1S/C27H29NO2/c1-4-5-9-16-30-25-14-12-24(13-15-25)28-19-23-17-20(2)18-26(27(23)29)21(3)22-10-7-6-8-11-22/h4,6-8,10-15,17-19,21,29H,1,5,9,16H2,2-3H3. The van der Waals surface area contributed by atoms with Gasteiger partial charge in [0, 0.05) is 23.3 Å². The van der Waals surface area contributed by atoms with Crippen LogP contribution in [0.5, 0.6) is 11.5 Å². The zero-order chi connectivity index (χ0) is 21.3. The lowest BCUT2D eigenvalue weighted by molar-refractivity contribution is 0.312. The molecule has 30 heavy (non-hydrogen) atoms. The van der Waals surface area contributed by atoms with Crippen molar-refractivity contribution in [2.45, 2.75) is 32.6 Å². The summed E-state index contributed by atoms with van der Waals surface area (Å²) in [7, 11) is 0. The van der Waals surface area contributed by atoms with Gasteiger partial charge in [0.2, 0.25) is 0 Å². The predicted molar refractivity (Wildman–Crippen MR) is 125 cm³/mol. The molecule has 0 aromatic heterocycles. The third-order valence-electron chi connectivity index (χ3n) is 5.09. The molecule has 0 aliphatic carbocycles. The van der Waals surface area contributed by atoms with E-state index < -0.39 is 0 Å². The normalized spacial score (nSPS) is 12.1. The van der Waals surface area contributed by atoms with Crippen molar-refractivity contribution < 1.29 is 9.84 Å². The number of aromatic hydroxyl groups is 1. The summed E-state index contributed by atoms with van der Waals surface area (Å²) in [5.41, 5.74) is 4.70. The summed E-state index contributed by atoms with van der Waals surface area (Å²) < 4.78 is 5.71. The Balaban J connectivity index is 1.75. The molecule has 3 aromatic carbocycles. The van der Waals surface area contributed by atoms with E-state index in [2.05, 4.69) is 30.6 Å². The Bertz CT molecular complexity index is 991. The number of hydrogen-bond donors (Lipinski definition) is 1. The largest absolute Gasteiger partial charge is 0.507 e. The first kappa shape index (κ1) is 21.4. The zero-order valence-corrected chi connectivity index (χ0v) is 17.7. The Morgan fingerprint density at radius 3 is 2.50 bits per heavy atom. The lowest BCUT2D eigenvalue weighted by atomic mass is 9.90. The molecule has 3 nitrogen and oxygen atoms in total. The Kier molecular flexibility index (Phi) is 7.45. The van der Waals surface area contributed by atoms with Crippen molar-refractivity contribution in [2.24, 2.45) is 4.99 Å². The van der Waals surface area contributed by atoms with E-state index in [9.17, 15) is 5.11 Å². The van der Waals surface area contributed by atoms with Crippen LogP contribution in [0.25, 0.3) is 0 Å². The maximum atomic E-state index is 10.9. The van der Waals surface area contributed by atoms with Crippen LogP contribution in [0.4, 0.5) is 5.69 Å². The SMILES string of the molecule is C=CCCCOc1ccc(N=Cc2cc(C)cc(C(C)c3ccccc3)c2O)cc1. The second-order valence-electron chi connectivity index (χ2n) is 7.46. The molecular weight excluding hydrogens is 370 g/mol. The number of allylic oxidation sites excluding steroid dienone is 1. The summed E-state index contributed by atoms with van der Waals surface area (Å²) in [6.07, 6.45) is 5.53. The third kappa shape index (κ3) is 5.60. The summed E-state index contributed by atoms with van der Waals surface area (Å²) in [4.78, 5) is 4.55. The molecule has 3 heteroatoms. The summed E-state index contributed by atoms with van der Waals surface area (Å²) in [6, 6.07) is 21.9. The van der Waals surface area contributed by atoms with Gasteiger partial charge in [-0.25, -0.2) is 0 Å². The highest BCUT2D eigenvalue weighted by Gasteiger charge is 2.15. The minimum atomic E-state index is 0.0933. The molecular formula is C27H29NO2. The molecule has 3 rings (SSSR count). The molecule has 0 spiro atoms. The fourth-order valence-electron chi connectivity index (χ4n) is 3.38. The average molecular weight is 400 g/mol. The van der Waals surface area contributed by atoms with Crippen LogP contribution in [-0.2, 0) is 0 Å². The van der Waals surface area contributed by atoms with Gasteiger partial charge in [0.05, 0.1) is 12.3 Å². The highest BCUT2D eigenvalue weighted by Crippen LogP contribution is 2.34.